The van der Waals surface area contributed by atoms with Crippen molar-refractivity contribution in [3.8, 4) is 5.75 Å². The first-order chi connectivity index (χ1) is 10.8. The molecule has 0 aliphatic carbocycles. The Kier molecular flexibility index (Phi) is 5.29. The maximum absolute atomic E-state index is 12.9. The third kappa shape index (κ3) is 4.03. The van der Waals surface area contributed by atoms with E-state index in [4.69, 9.17) is 9.84 Å². The summed E-state index contributed by atoms with van der Waals surface area (Å²) in [6.07, 6.45) is -0.0359. The Morgan fingerprint density at radius 3 is 2.57 bits per heavy atom. The molecule has 2 rings (SSSR count). The summed E-state index contributed by atoms with van der Waals surface area (Å²) in [6, 6.07) is 3.99. The van der Waals surface area contributed by atoms with E-state index in [-0.39, 0.29) is 30.7 Å². The van der Waals surface area contributed by atoms with Gasteiger partial charge in [0.15, 0.2) is 0 Å². The van der Waals surface area contributed by atoms with Crippen molar-refractivity contribution in [3.05, 3.63) is 28.8 Å². The molecular formula is C18H25NO4. The standard InChI is InChI=1S/C18H25NO4/c1-11(2)9-19(6-5-17(20)21)18(22)15-10-23-16-8-13(4)12(3)7-14(15)16/h7-8,11,15H,5-6,9-10H2,1-4H3,(H,20,21). The van der Waals surface area contributed by atoms with Crippen molar-refractivity contribution in [2.45, 2.75) is 40.0 Å². The summed E-state index contributed by atoms with van der Waals surface area (Å²) in [4.78, 5) is 25.4. The number of carboxylic acids is 1. The maximum Gasteiger partial charge on any atom is 0.305 e. The number of benzene rings is 1. The molecule has 126 valence electrons. The predicted octanol–water partition coefficient (Wildman–Crippen LogP) is 2.74. The second-order valence-corrected chi connectivity index (χ2v) is 6.66. The van der Waals surface area contributed by atoms with Crippen molar-refractivity contribution < 1.29 is 19.4 Å². The minimum atomic E-state index is -0.888. The SMILES string of the molecule is Cc1cc2c(cc1C)C(C(=O)N(CCC(=O)O)CC(C)C)CO2. The molecule has 5 nitrogen and oxygen atoms in total. The van der Waals surface area contributed by atoms with Gasteiger partial charge in [-0.3, -0.25) is 9.59 Å². The van der Waals surface area contributed by atoms with Crippen molar-refractivity contribution in [2.24, 2.45) is 5.92 Å². The van der Waals surface area contributed by atoms with Crippen LogP contribution in [0.5, 0.6) is 5.75 Å². The molecule has 23 heavy (non-hydrogen) atoms. The smallest absolute Gasteiger partial charge is 0.305 e. The van der Waals surface area contributed by atoms with Gasteiger partial charge in [-0.25, -0.2) is 0 Å². The van der Waals surface area contributed by atoms with Crippen LogP contribution in [0, 0.1) is 19.8 Å². The lowest BCUT2D eigenvalue weighted by atomic mass is 9.95. The fourth-order valence-corrected chi connectivity index (χ4v) is 2.86. The van der Waals surface area contributed by atoms with Gasteiger partial charge in [-0.1, -0.05) is 19.9 Å². The number of amides is 1. The quantitative estimate of drug-likeness (QED) is 0.875. The van der Waals surface area contributed by atoms with E-state index >= 15 is 0 Å². The summed E-state index contributed by atoms with van der Waals surface area (Å²) in [6.45, 7) is 9.21. The number of aliphatic carboxylic acids is 1. The van der Waals surface area contributed by atoms with Crippen molar-refractivity contribution in [1.29, 1.82) is 0 Å². The lowest BCUT2D eigenvalue weighted by Gasteiger charge is -2.26. The Bertz CT molecular complexity index is 609. The Balaban J connectivity index is 2.21. The molecule has 0 spiro atoms. The van der Waals surface area contributed by atoms with Gasteiger partial charge in [0.2, 0.25) is 5.91 Å². The zero-order valence-electron chi connectivity index (χ0n) is 14.3. The molecular weight excluding hydrogens is 294 g/mol. The summed E-state index contributed by atoms with van der Waals surface area (Å²) >= 11 is 0. The average molecular weight is 319 g/mol. The molecule has 5 heteroatoms. The van der Waals surface area contributed by atoms with Crippen LogP contribution < -0.4 is 4.74 Å². The number of carbonyl (C=O) groups is 2. The van der Waals surface area contributed by atoms with Crippen LogP contribution in [0.1, 0.15) is 42.9 Å². The lowest BCUT2D eigenvalue weighted by Crippen LogP contribution is -2.39. The van der Waals surface area contributed by atoms with Crippen molar-refractivity contribution >= 4 is 11.9 Å². The van der Waals surface area contributed by atoms with Crippen LogP contribution in [0.15, 0.2) is 12.1 Å². The zero-order valence-corrected chi connectivity index (χ0v) is 14.3. The molecule has 1 atom stereocenters. The molecule has 0 radical (unpaired) electrons. The van der Waals surface area contributed by atoms with Gasteiger partial charge in [0.05, 0.1) is 6.42 Å². The third-order valence-corrected chi connectivity index (χ3v) is 4.20. The molecule has 1 aliphatic rings. The minimum absolute atomic E-state index is 0.0359. The molecule has 1 unspecified atom stereocenters. The number of aryl methyl sites for hydroxylation is 2. The largest absolute Gasteiger partial charge is 0.492 e. The highest BCUT2D eigenvalue weighted by atomic mass is 16.5. The highest BCUT2D eigenvalue weighted by Crippen LogP contribution is 2.37. The molecule has 1 aromatic rings. The topological polar surface area (TPSA) is 66.8 Å². The van der Waals surface area contributed by atoms with Gasteiger partial charge in [0.25, 0.3) is 0 Å². The Morgan fingerprint density at radius 1 is 1.30 bits per heavy atom. The maximum atomic E-state index is 12.9. The number of fused-ring (bicyclic) bond motifs is 1. The van der Waals surface area contributed by atoms with Gasteiger partial charge in [0.1, 0.15) is 18.3 Å². The molecule has 0 aromatic heterocycles. The highest BCUT2D eigenvalue weighted by molar-refractivity contribution is 5.86. The normalized spacial score (nSPS) is 16.1. The zero-order chi connectivity index (χ0) is 17.1. The number of carboxylic acid groups (broad SMARTS) is 1. The summed E-state index contributed by atoms with van der Waals surface area (Å²) in [5.74, 6) is -0.205. The van der Waals surface area contributed by atoms with Crippen molar-refractivity contribution in [3.63, 3.8) is 0 Å². The van der Waals surface area contributed by atoms with Gasteiger partial charge in [-0.05, 0) is 37.0 Å². The molecule has 1 aromatic carbocycles. The van der Waals surface area contributed by atoms with Gasteiger partial charge in [-0.15, -0.1) is 0 Å². The van der Waals surface area contributed by atoms with E-state index in [1.165, 1.54) is 0 Å². The minimum Gasteiger partial charge on any atom is -0.492 e. The van der Waals surface area contributed by atoms with Gasteiger partial charge in [0, 0.05) is 18.7 Å². The van der Waals surface area contributed by atoms with Crippen molar-refractivity contribution in [1.82, 2.24) is 4.90 Å². The Hall–Kier alpha value is -2.04. The first-order valence-electron chi connectivity index (χ1n) is 8.04. The van der Waals surface area contributed by atoms with Gasteiger partial charge in [-0.2, -0.15) is 0 Å². The van der Waals surface area contributed by atoms with E-state index in [9.17, 15) is 9.59 Å². The summed E-state index contributed by atoms with van der Waals surface area (Å²) in [7, 11) is 0. The van der Waals surface area contributed by atoms with E-state index < -0.39 is 5.97 Å². The van der Waals surface area contributed by atoms with Crippen LogP contribution in [-0.2, 0) is 9.59 Å². The molecule has 1 heterocycles. The molecule has 1 N–H and O–H groups in total. The number of rotatable bonds is 6. The van der Waals surface area contributed by atoms with Gasteiger partial charge >= 0.3 is 5.97 Å². The van der Waals surface area contributed by atoms with E-state index in [0.29, 0.717) is 13.2 Å². The van der Waals surface area contributed by atoms with Crippen LogP contribution in [0.3, 0.4) is 0 Å². The monoisotopic (exact) mass is 319 g/mol. The fraction of sp³-hybridized carbons (Fsp3) is 0.556. The van der Waals surface area contributed by atoms with E-state index in [2.05, 4.69) is 0 Å². The number of ether oxygens (including phenoxy) is 1. The molecule has 0 fully saturated rings. The van der Waals surface area contributed by atoms with E-state index in [1.54, 1.807) is 4.90 Å². The van der Waals surface area contributed by atoms with Crippen LogP contribution >= 0.6 is 0 Å². The number of hydrogen-bond donors (Lipinski definition) is 1. The van der Waals surface area contributed by atoms with Crippen LogP contribution in [0.4, 0.5) is 0 Å². The molecule has 1 aliphatic heterocycles. The first kappa shape index (κ1) is 17.3. The summed E-state index contributed by atoms with van der Waals surface area (Å²) in [5.41, 5.74) is 3.19. The third-order valence-electron chi connectivity index (χ3n) is 4.20. The average Bonchev–Trinajstić information content (AvgIpc) is 2.85. The van der Waals surface area contributed by atoms with E-state index in [0.717, 1.165) is 22.4 Å². The molecule has 0 bridgehead atoms. The highest BCUT2D eigenvalue weighted by Gasteiger charge is 2.34. The number of hydrogen-bond acceptors (Lipinski definition) is 3. The van der Waals surface area contributed by atoms with Crippen LogP contribution in [-0.4, -0.2) is 41.6 Å². The van der Waals surface area contributed by atoms with Crippen LogP contribution in [0.25, 0.3) is 0 Å². The Morgan fingerprint density at radius 2 is 1.96 bits per heavy atom. The van der Waals surface area contributed by atoms with Crippen LogP contribution in [0.2, 0.25) is 0 Å². The second kappa shape index (κ2) is 7.02. The molecule has 0 saturated heterocycles. The predicted molar refractivity (Wildman–Crippen MR) is 87.8 cm³/mol. The van der Waals surface area contributed by atoms with Crippen molar-refractivity contribution in [2.75, 3.05) is 19.7 Å². The van der Waals surface area contributed by atoms with Gasteiger partial charge < -0.3 is 14.7 Å². The summed E-state index contributed by atoms with van der Waals surface area (Å²) < 4.78 is 5.68. The molecule has 1 amide bonds. The first-order valence-corrected chi connectivity index (χ1v) is 8.04. The fourth-order valence-electron chi connectivity index (χ4n) is 2.86. The lowest BCUT2D eigenvalue weighted by molar-refractivity contribution is -0.139. The number of carbonyl (C=O) groups excluding carboxylic acids is 1. The number of nitrogens with zero attached hydrogens (tertiary/aromatic N) is 1. The molecule has 0 saturated carbocycles. The van der Waals surface area contributed by atoms with E-state index in [1.807, 2.05) is 39.8 Å². The Labute approximate surface area is 137 Å². The summed E-state index contributed by atoms with van der Waals surface area (Å²) in [5, 5.41) is 8.91. The second-order valence-electron chi connectivity index (χ2n) is 6.66.